The van der Waals surface area contributed by atoms with E-state index in [-0.39, 0.29) is 23.7 Å². The van der Waals surface area contributed by atoms with Gasteiger partial charge in [-0.3, -0.25) is 4.79 Å². The molecule has 0 unspecified atom stereocenters. The Bertz CT molecular complexity index is 1140. The summed E-state index contributed by atoms with van der Waals surface area (Å²) >= 11 is 12.2. The van der Waals surface area contributed by atoms with Crippen molar-refractivity contribution >= 4 is 34.9 Å². The second-order valence-corrected chi connectivity index (χ2v) is 7.36. The highest BCUT2D eigenvalue weighted by Gasteiger charge is 2.34. The van der Waals surface area contributed by atoms with Crippen LogP contribution < -0.4 is 15.8 Å². The molecule has 0 atom stereocenters. The van der Waals surface area contributed by atoms with Gasteiger partial charge in [0, 0.05) is 33.9 Å². The minimum Gasteiger partial charge on any atom is -0.485 e. The fourth-order valence-electron chi connectivity index (χ4n) is 2.79. The van der Waals surface area contributed by atoms with E-state index < -0.39 is 35.6 Å². The maximum Gasteiger partial charge on any atom is 0.416 e. The zero-order chi connectivity index (χ0) is 23.5. The zero-order valence-electron chi connectivity index (χ0n) is 16.1. The number of nitrogens with zero attached hydrogens (tertiary/aromatic N) is 1. The highest BCUT2D eigenvalue weighted by Crippen LogP contribution is 2.33. The molecule has 0 aliphatic carbocycles. The van der Waals surface area contributed by atoms with Crippen LogP contribution in [0.5, 0.6) is 5.75 Å². The average molecular weight is 488 g/mol. The summed E-state index contributed by atoms with van der Waals surface area (Å²) in [7, 11) is 0. The van der Waals surface area contributed by atoms with Crippen LogP contribution in [0.25, 0.3) is 0 Å². The molecule has 5 nitrogen and oxygen atoms in total. The first kappa shape index (κ1) is 23.6. The number of aromatic nitrogens is 1. The van der Waals surface area contributed by atoms with Gasteiger partial charge < -0.3 is 15.8 Å². The predicted octanol–water partition coefficient (Wildman–Crippen LogP) is 5.64. The fraction of sp³-hybridized carbons (Fsp3) is 0.143. The average Bonchev–Trinajstić information content (AvgIpc) is 2.72. The van der Waals surface area contributed by atoms with Gasteiger partial charge in [0.1, 0.15) is 12.4 Å². The van der Waals surface area contributed by atoms with Gasteiger partial charge in [-0.25, -0.2) is 9.37 Å². The number of ether oxygens (including phenoxy) is 1. The van der Waals surface area contributed by atoms with E-state index >= 15 is 0 Å². The van der Waals surface area contributed by atoms with Crippen LogP contribution in [-0.4, -0.2) is 10.9 Å². The van der Waals surface area contributed by atoms with Crippen molar-refractivity contribution in [3.8, 4) is 5.75 Å². The van der Waals surface area contributed by atoms with Crippen molar-refractivity contribution in [2.45, 2.75) is 19.3 Å². The van der Waals surface area contributed by atoms with E-state index in [0.717, 1.165) is 24.4 Å². The molecule has 32 heavy (non-hydrogen) atoms. The first-order valence-corrected chi connectivity index (χ1v) is 9.77. The van der Waals surface area contributed by atoms with E-state index in [1.54, 1.807) is 18.2 Å². The topological polar surface area (TPSA) is 77.2 Å². The number of nitrogens with one attached hydrogen (secondary N) is 1. The van der Waals surface area contributed by atoms with Gasteiger partial charge in [0.05, 0.1) is 11.1 Å². The third-order valence-corrected chi connectivity index (χ3v) is 5.14. The predicted molar refractivity (Wildman–Crippen MR) is 112 cm³/mol. The van der Waals surface area contributed by atoms with E-state index in [0.29, 0.717) is 15.6 Å². The number of nitrogens with two attached hydrogens (primary N) is 1. The van der Waals surface area contributed by atoms with Crippen LogP contribution in [0.3, 0.4) is 0 Å². The molecule has 3 N–H and O–H groups in total. The number of anilines is 1. The molecule has 0 spiro atoms. The van der Waals surface area contributed by atoms with Crippen molar-refractivity contribution in [3.63, 3.8) is 0 Å². The number of carbonyl (C=O) groups is 1. The molecular formula is C21H15Cl2F4N3O2. The summed E-state index contributed by atoms with van der Waals surface area (Å²) in [6, 6.07) is 8.73. The largest absolute Gasteiger partial charge is 0.485 e. The van der Waals surface area contributed by atoms with Crippen molar-refractivity contribution in [2.24, 2.45) is 0 Å². The Morgan fingerprint density at radius 3 is 2.41 bits per heavy atom. The lowest BCUT2D eigenvalue weighted by Crippen LogP contribution is -2.25. The van der Waals surface area contributed by atoms with Gasteiger partial charge in [0.15, 0.2) is 11.6 Å². The normalized spacial score (nSPS) is 11.3. The smallest absolute Gasteiger partial charge is 0.416 e. The summed E-state index contributed by atoms with van der Waals surface area (Å²) in [5, 5.41) is 2.98. The quantitative estimate of drug-likeness (QED) is 0.441. The number of rotatable bonds is 6. The van der Waals surface area contributed by atoms with Gasteiger partial charge >= 0.3 is 6.18 Å². The lowest BCUT2D eigenvalue weighted by molar-refractivity contribution is -0.138. The SMILES string of the molecule is Nc1ncc(C(=O)NCc2c(F)cccc2C(F)(F)F)cc1OCc1c(Cl)cccc1Cl. The number of hydrogen-bond donors (Lipinski definition) is 2. The number of benzene rings is 2. The maximum atomic E-state index is 14.0. The third-order valence-electron chi connectivity index (χ3n) is 4.43. The molecule has 168 valence electrons. The molecule has 3 rings (SSSR count). The third kappa shape index (κ3) is 5.41. The molecule has 3 aromatic rings. The minimum absolute atomic E-state index is 0.0295. The highest BCUT2D eigenvalue weighted by atomic mass is 35.5. The van der Waals surface area contributed by atoms with E-state index in [2.05, 4.69) is 10.3 Å². The Kier molecular flexibility index (Phi) is 7.10. The molecular weight excluding hydrogens is 473 g/mol. The lowest BCUT2D eigenvalue weighted by Gasteiger charge is -2.15. The zero-order valence-corrected chi connectivity index (χ0v) is 17.7. The number of carbonyl (C=O) groups excluding carboxylic acids is 1. The summed E-state index contributed by atoms with van der Waals surface area (Å²) in [5.74, 6) is -1.88. The van der Waals surface area contributed by atoms with Crippen LogP contribution >= 0.6 is 23.2 Å². The number of alkyl halides is 3. The molecule has 11 heteroatoms. The Hall–Kier alpha value is -3.04. The van der Waals surface area contributed by atoms with E-state index in [1.165, 1.54) is 6.07 Å². The van der Waals surface area contributed by atoms with Gasteiger partial charge in [0.25, 0.3) is 5.91 Å². The van der Waals surface area contributed by atoms with Crippen molar-refractivity contribution in [1.82, 2.24) is 10.3 Å². The molecule has 0 saturated heterocycles. The summed E-state index contributed by atoms with van der Waals surface area (Å²) in [4.78, 5) is 16.3. The minimum atomic E-state index is -4.77. The molecule has 0 radical (unpaired) electrons. The second-order valence-electron chi connectivity index (χ2n) is 6.54. The first-order valence-electron chi connectivity index (χ1n) is 9.02. The van der Waals surface area contributed by atoms with Crippen molar-refractivity contribution < 1.29 is 27.1 Å². The Labute approximate surface area is 190 Å². The number of amides is 1. The summed E-state index contributed by atoms with van der Waals surface area (Å²) in [5.41, 5.74) is 4.36. The van der Waals surface area contributed by atoms with Crippen LogP contribution in [0.4, 0.5) is 23.4 Å². The highest BCUT2D eigenvalue weighted by molar-refractivity contribution is 6.35. The van der Waals surface area contributed by atoms with Crippen molar-refractivity contribution in [1.29, 1.82) is 0 Å². The van der Waals surface area contributed by atoms with E-state index in [1.807, 2.05) is 0 Å². The van der Waals surface area contributed by atoms with Gasteiger partial charge in [-0.2, -0.15) is 13.2 Å². The molecule has 1 aromatic heterocycles. The van der Waals surface area contributed by atoms with E-state index in [9.17, 15) is 22.4 Å². The first-order chi connectivity index (χ1) is 15.1. The van der Waals surface area contributed by atoms with Crippen LogP contribution in [0.1, 0.15) is 27.0 Å². The number of pyridine rings is 1. The van der Waals surface area contributed by atoms with Crippen LogP contribution in [0, 0.1) is 5.82 Å². The van der Waals surface area contributed by atoms with Crippen LogP contribution in [0.2, 0.25) is 10.0 Å². The number of nitrogen functional groups attached to an aromatic ring is 1. The van der Waals surface area contributed by atoms with Crippen LogP contribution in [0.15, 0.2) is 48.7 Å². The van der Waals surface area contributed by atoms with Crippen molar-refractivity contribution in [2.75, 3.05) is 5.73 Å². The van der Waals surface area contributed by atoms with Gasteiger partial charge in [0.2, 0.25) is 0 Å². The molecule has 1 heterocycles. The Morgan fingerprint density at radius 1 is 1.09 bits per heavy atom. The summed E-state index contributed by atoms with van der Waals surface area (Å²) < 4.78 is 58.9. The molecule has 0 aliphatic rings. The number of halogens is 6. The number of hydrogen-bond acceptors (Lipinski definition) is 4. The van der Waals surface area contributed by atoms with Crippen molar-refractivity contribution in [3.05, 3.63) is 86.8 Å². The Morgan fingerprint density at radius 2 is 1.75 bits per heavy atom. The standard InChI is InChI=1S/C21H15Cl2F4N3O2/c22-15-4-2-5-16(23)13(15)10-32-18-7-11(8-29-19(18)28)20(31)30-9-12-14(21(25,26)27)3-1-6-17(12)24/h1-8H,9-10H2,(H2,28,29)(H,30,31). The second kappa shape index (κ2) is 9.62. The molecule has 2 aromatic carbocycles. The van der Waals surface area contributed by atoms with E-state index in [4.69, 9.17) is 33.7 Å². The molecule has 0 saturated carbocycles. The van der Waals surface area contributed by atoms with Crippen LogP contribution in [-0.2, 0) is 19.3 Å². The maximum absolute atomic E-state index is 14.0. The van der Waals surface area contributed by atoms with Gasteiger partial charge in [-0.15, -0.1) is 0 Å². The molecule has 1 amide bonds. The lowest BCUT2D eigenvalue weighted by atomic mass is 10.1. The summed E-state index contributed by atoms with van der Waals surface area (Å²) in [6.07, 6.45) is -3.65. The van der Waals surface area contributed by atoms with Gasteiger partial charge in [-0.1, -0.05) is 35.3 Å². The molecule has 0 aliphatic heterocycles. The molecule has 0 bridgehead atoms. The summed E-state index contributed by atoms with van der Waals surface area (Å²) in [6.45, 7) is -0.754. The monoisotopic (exact) mass is 487 g/mol. The Balaban J connectivity index is 1.75. The fourth-order valence-corrected chi connectivity index (χ4v) is 3.30. The molecule has 0 fully saturated rings. The van der Waals surface area contributed by atoms with Gasteiger partial charge in [-0.05, 0) is 30.3 Å².